The van der Waals surface area contributed by atoms with E-state index in [0.29, 0.717) is 0 Å². The van der Waals surface area contributed by atoms with E-state index in [2.05, 4.69) is 32.9 Å². The van der Waals surface area contributed by atoms with Crippen molar-refractivity contribution in [2.75, 3.05) is 0 Å². The molecule has 0 aliphatic heterocycles. The summed E-state index contributed by atoms with van der Waals surface area (Å²) in [5.74, 6) is 0.793. The first-order valence-corrected chi connectivity index (χ1v) is 5.90. The third-order valence-electron chi connectivity index (χ3n) is 3.60. The molecule has 76 valence electrons. The molecule has 0 heterocycles. The molecule has 0 saturated carbocycles. The normalized spacial score (nSPS) is 19.8. The van der Waals surface area contributed by atoms with Crippen molar-refractivity contribution in [3.8, 4) is 0 Å². The summed E-state index contributed by atoms with van der Waals surface area (Å²) in [5.41, 5.74) is 6.38. The maximum absolute atomic E-state index is 2.46. The second-order valence-electron chi connectivity index (χ2n) is 4.47. The highest BCUT2D eigenvalue weighted by Gasteiger charge is 2.19. The molecule has 0 spiro atoms. The molecule has 0 heteroatoms. The molecule has 0 aromatic heterocycles. The molecule has 1 aromatic rings. The van der Waals surface area contributed by atoms with Gasteiger partial charge in [0.2, 0.25) is 0 Å². The van der Waals surface area contributed by atoms with E-state index in [1.54, 1.807) is 22.3 Å². The lowest BCUT2D eigenvalue weighted by molar-refractivity contribution is 0.746. The molecule has 0 nitrogen and oxygen atoms in total. The lowest BCUT2D eigenvalue weighted by Gasteiger charge is -2.11. The SMILES string of the molecule is CCc1cc2c(cc1CC)C(C)CC2. The van der Waals surface area contributed by atoms with Crippen LogP contribution in [0.1, 0.15) is 55.4 Å². The van der Waals surface area contributed by atoms with Crippen LogP contribution >= 0.6 is 0 Å². The predicted octanol–water partition coefficient (Wildman–Crippen LogP) is 3.86. The van der Waals surface area contributed by atoms with Crippen molar-refractivity contribution in [1.82, 2.24) is 0 Å². The van der Waals surface area contributed by atoms with Gasteiger partial charge in [0.15, 0.2) is 0 Å². The Balaban J connectivity index is 2.49. The number of aryl methyl sites for hydroxylation is 3. The van der Waals surface area contributed by atoms with Crippen LogP contribution in [0.15, 0.2) is 12.1 Å². The highest BCUT2D eigenvalue weighted by atomic mass is 14.2. The van der Waals surface area contributed by atoms with Crippen LogP contribution in [-0.2, 0) is 19.3 Å². The quantitative estimate of drug-likeness (QED) is 0.661. The number of hydrogen-bond acceptors (Lipinski definition) is 0. The zero-order valence-electron chi connectivity index (χ0n) is 9.56. The molecule has 0 saturated heterocycles. The summed E-state index contributed by atoms with van der Waals surface area (Å²) in [6.07, 6.45) is 5.02. The molecule has 0 N–H and O–H groups in total. The summed E-state index contributed by atoms with van der Waals surface area (Å²) < 4.78 is 0. The second kappa shape index (κ2) is 3.76. The molecule has 14 heavy (non-hydrogen) atoms. The molecular formula is C14H20. The zero-order valence-corrected chi connectivity index (χ0v) is 9.56. The van der Waals surface area contributed by atoms with E-state index in [1.165, 1.54) is 25.7 Å². The topological polar surface area (TPSA) is 0 Å². The van der Waals surface area contributed by atoms with E-state index in [0.717, 1.165) is 5.92 Å². The second-order valence-corrected chi connectivity index (χ2v) is 4.47. The lowest BCUT2D eigenvalue weighted by Crippen LogP contribution is -1.96. The van der Waals surface area contributed by atoms with Crippen molar-refractivity contribution in [2.24, 2.45) is 0 Å². The van der Waals surface area contributed by atoms with Crippen molar-refractivity contribution in [1.29, 1.82) is 0 Å². The molecular weight excluding hydrogens is 168 g/mol. The standard InChI is InChI=1S/C14H20/c1-4-11-8-13-7-6-10(3)14(13)9-12(11)5-2/h8-10H,4-7H2,1-3H3. The Kier molecular flexibility index (Phi) is 2.62. The summed E-state index contributed by atoms with van der Waals surface area (Å²) in [7, 11) is 0. The average molecular weight is 188 g/mol. The van der Waals surface area contributed by atoms with Gasteiger partial charge in [0, 0.05) is 0 Å². The van der Waals surface area contributed by atoms with Crippen LogP contribution in [0.2, 0.25) is 0 Å². The van der Waals surface area contributed by atoms with Crippen molar-refractivity contribution in [2.45, 2.75) is 52.4 Å². The molecule has 0 bridgehead atoms. The van der Waals surface area contributed by atoms with Gasteiger partial charge in [-0.05, 0) is 53.9 Å². The van der Waals surface area contributed by atoms with Gasteiger partial charge in [-0.3, -0.25) is 0 Å². The van der Waals surface area contributed by atoms with Crippen molar-refractivity contribution in [3.05, 3.63) is 34.4 Å². The highest BCUT2D eigenvalue weighted by molar-refractivity contribution is 5.43. The minimum Gasteiger partial charge on any atom is -0.0613 e. The minimum atomic E-state index is 0.793. The number of rotatable bonds is 2. The van der Waals surface area contributed by atoms with E-state index in [1.807, 2.05) is 0 Å². The van der Waals surface area contributed by atoms with Gasteiger partial charge in [-0.25, -0.2) is 0 Å². The first-order chi connectivity index (χ1) is 6.76. The molecule has 0 amide bonds. The van der Waals surface area contributed by atoms with Crippen molar-refractivity contribution < 1.29 is 0 Å². The number of hydrogen-bond donors (Lipinski definition) is 0. The lowest BCUT2D eigenvalue weighted by atomic mass is 9.94. The smallest absolute Gasteiger partial charge is 0.0184 e. The van der Waals surface area contributed by atoms with E-state index in [4.69, 9.17) is 0 Å². The van der Waals surface area contributed by atoms with E-state index in [9.17, 15) is 0 Å². The van der Waals surface area contributed by atoms with E-state index < -0.39 is 0 Å². The Hall–Kier alpha value is -0.780. The van der Waals surface area contributed by atoms with Gasteiger partial charge in [0.05, 0.1) is 0 Å². The summed E-state index contributed by atoms with van der Waals surface area (Å²) in [6.45, 7) is 6.89. The van der Waals surface area contributed by atoms with Crippen LogP contribution < -0.4 is 0 Å². The average Bonchev–Trinajstić information content (AvgIpc) is 2.58. The van der Waals surface area contributed by atoms with Gasteiger partial charge < -0.3 is 0 Å². The van der Waals surface area contributed by atoms with Crippen LogP contribution in [0.25, 0.3) is 0 Å². The Bertz CT molecular complexity index is 335. The molecule has 2 rings (SSSR count). The summed E-state index contributed by atoms with van der Waals surface area (Å²) in [5, 5.41) is 0. The van der Waals surface area contributed by atoms with Crippen LogP contribution in [-0.4, -0.2) is 0 Å². The van der Waals surface area contributed by atoms with E-state index in [-0.39, 0.29) is 0 Å². The number of fused-ring (bicyclic) bond motifs is 1. The maximum Gasteiger partial charge on any atom is -0.0184 e. The minimum absolute atomic E-state index is 0.793. The molecule has 0 fully saturated rings. The Morgan fingerprint density at radius 2 is 1.79 bits per heavy atom. The Morgan fingerprint density at radius 1 is 1.14 bits per heavy atom. The summed E-state index contributed by atoms with van der Waals surface area (Å²) in [4.78, 5) is 0. The molecule has 1 unspecified atom stereocenters. The van der Waals surface area contributed by atoms with Crippen molar-refractivity contribution >= 4 is 0 Å². The fraction of sp³-hybridized carbons (Fsp3) is 0.571. The zero-order chi connectivity index (χ0) is 10.1. The van der Waals surface area contributed by atoms with Crippen LogP contribution in [0.5, 0.6) is 0 Å². The Morgan fingerprint density at radius 3 is 2.43 bits per heavy atom. The largest absolute Gasteiger partial charge is 0.0613 e. The van der Waals surface area contributed by atoms with Gasteiger partial charge in [0.1, 0.15) is 0 Å². The first-order valence-electron chi connectivity index (χ1n) is 5.90. The predicted molar refractivity (Wildman–Crippen MR) is 61.9 cm³/mol. The van der Waals surface area contributed by atoms with Gasteiger partial charge in [-0.2, -0.15) is 0 Å². The molecule has 1 aliphatic carbocycles. The van der Waals surface area contributed by atoms with Crippen molar-refractivity contribution in [3.63, 3.8) is 0 Å². The molecule has 0 radical (unpaired) electrons. The third-order valence-corrected chi connectivity index (χ3v) is 3.60. The molecule has 1 atom stereocenters. The van der Waals surface area contributed by atoms with Gasteiger partial charge in [-0.15, -0.1) is 0 Å². The maximum atomic E-state index is 2.46. The monoisotopic (exact) mass is 188 g/mol. The third kappa shape index (κ3) is 1.47. The van der Waals surface area contributed by atoms with Gasteiger partial charge >= 0.3 is 0 Å². The van der Waals surface area contributed by atoms with Gasteiger partial charge in [-0.1, -0.05) is 32.9 Å². The van der Waals surface area contributed by atoms with Crippen LogP contribution in [0.3, 0.4) is 0 Å². The first kappa shape index (κ1) is 9.76. The summed E-state index contributed by atoms with van der Waals surface area (Å²) >= 11 is 0. The fourth-order valence-corrected chi connectivity index (χ4v) is 2.62. The Labute approximate surface area is 87.3 Å². The van der Waals surface area contributed by atoms with Gasteiger partial charge in [0.25, 0.3) is 0 Å². The fourth-order valence-electron chi connectivity index (χ4n) is 2.62. The molecule has 1 aromatic carbocycles. The summed E-state index contributed by atoms with van der Waals surface area (Å²) in [6, 6.07) is 4.92. The molecule has 1 aliphatic rings. The number of benzene rings is 1. The van der Waals surface area contributed by atoms with Crippen LogP contribution in [0, 0.1) is 0 Å². The van der Waals surface area contributed by atoms with E-state index >= 15 is 0 Å². The van der Waals surface area contributed by atoms with Crippen LogP contribution in [0.4, 0.5) is 0 Å². The highest BCUT2D eigenvalue weighted by Crippen LogP contribution is 2.34.